The molecular formula is C9H12N2O5S. The Balaban J connectivity index is 2.34. The second-order valence-corrected chi connectivity index (χ2v) is 5.28. The molecule has 1 fully saturated rings. The Kier molecular flexibility index (Phi) is 2.98. The maximum absolute atomic E-state index is 10.8. The molecule has 1 aromatic rings. The second kappa shape index (κ2) is 4.17. The number of aliphatic hydroxyl groups is 1. The monoisotopic (exact) mass is 260 g/mol. The molecule has 1 atom stereocenters. The van der Waals surface area contributed by atoms with E-state index in [2.05, 4.69) is 4.72 Å². The van der Waals surface area contributed by atoms with Gasteiger partial charge in [-0.2, -0.15) is 4.72 Å². The zero-order valence-electron chi connectivity index (χ0n) is 8.65. The van der Waals surface area contributed by atoms with Crippen LogP contribution in [-0.4, -0.2) is 38.1 Å². The SMILES string of the molecule is O=C(O)c1cccc(N2CC(O)NS2(O)O)c1. The highest BCUT2D eigenvalue weighted by Gasteiger charge is 2.35. The molecule has 94 valence electrons. The minimum absolute atomic E-state index is 0.0224. The van der Waals surface area contributed by atoms with Gasteiger partial charge in [-0.25, -0.2) is 4.79 Å². The van der Waals surface area contributed by atoms with Gasteiger partial charge in [-0.1, -0.05) is 17.0 Å². The molecule has 2 rings (SSSR count). The van der Waals surface area contributed by atoms with Crippen LogP contribution >= 0.6 is 11.0 Å². The topological polar surface area (TPSA) is 113 Å². The smallest absolute Gasteiger partial charge is 0.335 e. The van der Waals surface area contributed by atoms with Crippen LogP contribution in [-0.2, 0) is 0 Å². The van der Waals surface area contributed by atoms with Gasteiger partial charge in [0.2, 0.25) is 0 Å². The quantitative estimate of drug-likeness (QED) is 0.531. The summed E-state index contributed by atoms with van der Waals surface area (Å²) in [5, 5.41) is 18.1. The van der Waals surface area contributed by atoms with Crippen molar-refractivity contribution in [2.24, 2.45) is 0 Å². The van der Waals surface area contributed by atoms with Crippen molar-refractivity contribution in [3.63, 3.8) is 0 Å². The number of β-amino-alcohol motifs (C(OH)–C–C–N with tert-alkyl or cyclic N) is 1. The number of rotatable bonds is 2. The highest BCUT2D eigenvalue weighted by atomic mass is 32.3. The summed E-state index contributed by atoms with van der Waals surface area (Å²) in [6.45, 7) is -0.0224. The van der Waals surface area contributed by atoms with E-state index in [0.717, 1.165) is 4.31 Å². The number of benzene rings is 1. The van der Waals surface area contributed by atoms with Crippen LogP contribution in [0, 0.1) is 0 Å². The van der Waals surface area contributed by atoms with Gasteiger partial charge < -0.3 is 10.2 Å². The summed E-state index contributed by atoms with van der Waals surface area (Å²) in [5.41, 5.74) is 0.369. The summed E-state index contributed by atoms with van der Waals surface area (Å²) >= 11 is 0. The Morgan fingerprint density at radius 2 is 2.18 bits per heavy atom. The molecule has 0 amide bonds. The average Bonchev–Trinajstić information content (AvgIpc) is 2.52. The summed E-state index contributed by atoms with van der Waals surface area (Å²) in [7, 11) is -3.29. The zero-order chi connectivity index (χ0) is 12.6. The first-order valence-corrected chi connectivity index (χ1v) is 6.25. The molecule has 0 saturated carbocycles. The van der Waals surface area contributed by atoms with Crippen molar-refractivity contribution in [2.75, 3.05) is 10.8 Å². The molecule has 7 nitrogen and oxygen atoms in total. The van der Waals surface area contributed by atoms with Crippen molar-refractivity contribution in [1.82, 2.24) is 4.72 Å². The van der Waals surface area contributed by atoms with Crippen molar-refractivity contribution in [2.45, 2.75) is 6.23 Å². The van der Waals surface area contributed by atoms with Gasteiger partial charge in [0, 0.05) is 0 Å². The summed E-state index contributed by atoms with van der Waals surface area (Å²) in [6, 6.07) is 5.76. The molecule has 1 aliphatic heterocycles. The lowest BCUT2D eigenvalue weighted by Gasteiger charge is -2.36. The normalized spacial score (nSPS) is 24.6. The van der Waals surface area contributed by atoms with Crippen LogP contribution in [0.5, 0.6) is 0 Å². The van der Waals surface area contributed by atoms with Crippen LogP contribution in [0.3, 0.4) is 0 Å². The number of hydrogen-bond donors (Lipinski definition) is 5. The fourth-order valence-electron chi connectivity index (χ4n) is 1.59. The third-order valence-corrected chi connectivity index (χ3v) is 3.88. The Bertz CT molecular complexity index is 453. The maximum atomic E-state index is 10.8. The third-order valence-electron chi connectivity index (χ3n) is 2.32. The lowest BCUT2D eigenvalue weighted by molar-refractivity contribution is 0.0697. The molecule has 0 spiro atoms. The van der Waals surface area contributed by atoms with Gasteiger partial charge in [0.05, 0.1) is 17.8 Å². The minimum Gasteiger partial charge on any atom is -0.478 e. The van der Waals surface area contributed by atoms with Crippen LogP contribution in [0.2, 0.25) is 0 Å². The highest BCUT2D eigenvalue weighted by molar-refractivity contribution is 8.24. The molecule has 0 aromatic heterocycles. The van der Waals surface area contributed by atoms with E-state index in [1.54, 1.807) is 6.07 Å². The molecule has 1 heterocycles. The average molecular weight is 260 g/mol. The number of anilines is 1. The third kappa shape index (κ3) is 2.35. The molecule has 0 bridgehead atoms. The van der Waals surface area contributed by atoms with E-state index in [-0.39, 0.29) is 12.1 Å². The standard InChI is InChI=1S/C9H12N2O5S/c12-8-5-11(17(15,16)10-8)7-3-1-2-6(4-7)9(13)14/h1-4,8,10,12,15-16H,5H2,(H,13,14). The van der Waals surface area contributed by atoms with Gasteiger partial charge in [-0.3, -0.25) is 13.4 Å². The first-order chi connectivity index (χ1) is 7.90. The Morgan fingerprint density at radius 3 is 2.71 bits per heavy atom. The zero-order valence-corrected chi connectivity index (χ0v) is 9.46. The van der Waals surface area contributed by atoms with Crippen LogP contribution < -0.4 is 9.03 Å². The van der Waals surface area contributed by atoms with Gasteiger partial charge in [-0.05, 0) is 18.2 Å². The van der Waals surface area contributed by atoms with Gasteiger partial charge in [0.25, 0.3) is 0 Å². The van der Waals surface area contributed by atoms with E-state index in [1.807, 2.05) is 0 Å². The van der Waals surface area contributed by atoms with Crippen LogP contribution in [0.1, 0.15) is 10.4 Å². The number of carboxylic acid groups (broad SMARTS) is 1. The minimum atomic E-state index is -3.29. The predicted octanol–water partition coefficient (Wildman–Crippen LogP) is 0.693. The van der Waals surface area contributed by atoms with Gasteiger partial charge in [0.15, 0.2) is 0 Å². The lowest BCUT2D eigenvalue weighted by atomic mass is 10.2. The van der Waals surface area contributed by atoms with E-state index >= 15 is 0 Å². The van der Waals surface area contributed by atoms with Crippen LogP contribution in [0.15, 0.2) is 24.3 Å². The van der Waals surface area contributed by atoms with Crippen molar-refractivity contribution < 1.29 is 24.1 Å². The van der Waals surface area contributed by atoms with Gasteiger partial charge in [0.1, 0.15) is 6.23 Å². The lowest BCUT2D eigenvalue weighted by Crippen LogP contribution is -2.25. The summed E-state index contributed by atoms with van der Waals surface area (Å²) < 4.78 is 22.7. The maximum Gasteiger partial charge on any atom is 0.335 e. The fraction of sp³-hybridized carbons (Fsp3) is 0.222. The largest absolute Gasteiger partial charge is 0.478 e. The van der Waals surface area contributed by atoms with Crippen molar-refractivity contribution >= 4 is 22.6 Å². The first kappa shape index (κ1) is 12.1. The summed E-state index contributed by atoms with van der Waals surface area (Å²) in [6.07, 6.45) is -1.06. The second-order valence-electron chi connectivity index (χ2n) is 3.57. The number of aromatic carboxylic acids is 1. The van der Waals surface area contributed by atoms with E-state index in [1.165, 1.54) is 18.2 Å². The number of nitrogens with zero attached hydrogens (tertiary/aromatic N) is 1. The number of aliphatic hydroxyl groups excluding tert-OH is 1. The molecular weight excluding hydrogens is 248 g/mol. The molecule has 1 saturated heterocycles. The predicted molar refractivity (Wildman–Crippen MR) is 62.7 cm³/mol. The van der Waals surface area contributed by atoms with Crippen LogP contribution in [0.25, 0.3) is 0 Å². The van der Waals surface area contributed by atoms with Crippen molar-refractivity contribution in [3.8, 4) is 0 Å². The van der Waals surface area contributed by atoms with E-state index < -0.39 is 23.2 Å². The Morgan fingerprint density at radius 1 is 1.47 bits per heavy atom. The van der Waals surface area contributed by atoms with E-state index in [0.29, 0.717) is 5.69 Å². The van der Waals surface area contributed by atoms with E-state index in [9.17, 15) is 19.0 Å². The number of carbonyl (C=O) groups is 1. The fourth-order valence-corrected chi connectivity index (χ4v) is 2.91. The molecule has 8 heteroatoms. The van der Waals surface area contributed by atoms with E-state index in [4.69, 9.17) is 5.11 Å². The summed E-state index contributed by atoms with van der Waals surface area (Å²) in [5.74, 6) is -1.10. The molecule has 1 aliphatic rings. The Hall–Kier alpha value is -1.32. The number of carboxylic acids is 1. The van der Waals surface area contributed by atoms with Crippen molar-refractivity contribution in [1.29, 1.82) is 0 Å². The molecule has 17 heavy (non-hydrogen) atoms. The molecule has 1 aromatic carbocycles. The van der Waals surface area contributed by atoms with Gasteiger partial charge >= 0.3 is 5.97 Å². The Labute approximate surface area is 98.9 Å². The first-order valence-electron chi connectivity index (χ1n) is 4.75. The number of nitrogens with one attached hydrogen (secondary N) is 1. The van der Waals surface area contributed by atoms with Gasteiger partial charge in [-0.15, -0.1) is 0 Å². The molecule has 0 aliphatic carbocycles. The number of hydrogen-bond acceptors (Lipinski definition) is 6. The van der Waals surface area contributed by atoms with Crippen LogP contribution in [0.4, 0.5) is 5.69 Å². The van der Waals surface area contributed by atoms with Crippen molar-refractivity contribution in [3.05, 3.63) is 29.8 Å². The summed E-state index contributed by atoms with van der Waals surface area (Å²) in [4.78, 5) is 10.8. The molecule has 1 unspecified atom stereocenters. The molecule has 5 N–H and O–H groups in total. The highest BCUT2D eigenvalue weighted by Crippen LogP contribution is 2.46. The molecule has 0 radical (unpaired) electrons.